The second-order valence-electron chi connectivity index (χ2n) is 8.78. The van der Waals surface area contributed by atoms with Gasteiger partial charge in [0, 0.05) is 50.6 Å². The number of hydrogen-bond donors (Lipinski definition) is 3. The molecule has 1 heterocycles. The number of nitrogens with zero attached hydrogens (tertiary/aromatic N) is 2. The van der Waals surface area contributed by atoms with E-state index in [1.807, 2.05) is 0 Å². The van der Waals surface area contributed by atoms with Crippen LogP contribution in [0.1, 0.15) is 58.3 Å². The molecular formula is C21H41IN4O2. The van der Waals surface area contributed by atoms with E-state index in [9.17, 15) is 5.11 Å². The zero-order valence-corrected chi connectivity index (χ0v) is 20.0. The highest BCUT2D eigenvalue weighted by molar-refractivity contribution is 14.0. The molecule has 3 fully saturated rings. The van der Waals surface area contributed by atoms with Gasteiger partial charge >= 0.3 is 0 Å². The molecule has 0 radical (unpaired) electrons. The van der Waals surface area contributed by atoms with Crippen LogP contribution in [0.4, 0.5) is 0 Å². The first-order chi connectivity index (χ1) is 13.2. The van der Waals surface area contributed by atoms with Crippen molar-refractivity contribution in [1.82, 2.24) is 15.5 Å². The van der Waals surface area contributed by atoms with Gasteiger partial charge in [-0.2, -0.15) is 0 Å². The van der Waals surface area contributed by atoms with Gasteiger partial charge in [-0.1, -0.05) is 25.7 Å². The van der Waals surface area contributed by atoms with E-state index in [4.69, 9.17) is 9.73 Å². The van der Waals surface area contributed by atoms with Crippen LogP contribution in [-0.4, -0.2) is 74.6 Å². The van der Waals surface area contributed by atoms with Crippen molar-refractivity contribution in [2.75, 3.05) is 52.5 Å². The summed E-state index contributed by atoms with van der Waals surface area (Å²) >= 11 is 0. The van der Waals surface area contributed by atoms with E-state index in [0.717, 1.165) is 77.7 Å². The van der Waals surface area contributed by atoms with Crippen molar-refractivity contribution in [1.29, 1.82) is 0 Å². The molecule has 0 aromatic rings. The van der Waals surface area contributed by atoms with Gasteiger partial charge in [0.25, 0.3) is 0 Å². The predicted molar refractivity (Wildman–Crippen MR) is 126 cm³/mol. The Hall–Kier alpha value is -0.120. The van der Waals surface area contributed by atoms with Crippen molar-refractivity contribution >= 4 is 29.9 Å². The molecule has 1 aliphatic heterocycles. The highest BCUT2D eigenvalue weighted by Crippen LogP contribution is 2.37. The Balaban J connectivity index is 0.00000280. The Labute approximate surface area is 188 Å². The van der Waals surface area contributed by atoms with Gasteiger partial charge in [0.05, 0.1) is 19.3 Å². The number of aliphatic imine (C=N–C) groups is 1. The normalized spacial score (nSPS) is 28.6. The molecule has 6 nitrogen and oxygen atoms in total. The SMILES string of the molecule is CCNC(=NCC1(CN2CCOCC2)CCCCC1)NCC1CCCC1O.I. The zero-order chi connectivity index (χ0) is 19.0. The summed E-state index contributed by atoms with van der Waals surface area (Å²) in [6, 6.07) is 0. The van der Waals surface area contributed by atoms with E-state index in [1.165, 1.54) is 32.1 Å². The zero-order valence-electron chi connectivity index (χ0n) is 17.6. The van der Waals surface area contributed by atoms with Crippen LogP contribution in [0, 0.1) is 11.3 Å². The van der Waals surface area contributed by atoms with Crippen LogP contribution in [0.2, 0.25) is 0 Å². The molecule has 7 heteroatoms. The Morgan fingerprint density at radius 2 is 1.86 bits per heavy atom. The van der Waals surface area contributed by atoms with E-state index in [-0.39, 0.29) is 30.1 Å². The van der Waals surface area contributed by atoms with Crippen molar-refractivity contribution < 1.29 is 9.84 Å². The standard InChI is InChI=1S/C21H40N4O2.HI/c1-2-22-20(23-15-18-7-6-8-19(18)26)24-16-21(9-4-3-5-10-21)17-25-11-13-27-14-12-25;/h18-19,26H,2-17H2,1H3,(H2,22,23,24);1H. The van der Waals surface area contributed by atoms with Gasteiger partial charge in [0.15, 0.2) is 5.96 Å². The van der Waals surface area contributed by atoms with Gasteiger partial charge in [0.1, 0.15) is 0 Å². The number of morpholine rings is 1. The number of ether oxygens (including phenoxy) is 1. The van der Waals surface area contributed by atoms with Gasteiger partial charge in [-0.3, -0.25) is 9.89 Å². The fourth-order valence-corrected chi connectivity index (χ4v) is 4.97. The summed E-state index contributed by atoms with van der Waals surface area (Å²) in [5, 5.41) is 17.0. The van der Waals surface area contributed by atoms with E-state index in [0.29, 0.717) is 11.3 Å². The summed E-state index contributed by atoms with van der Waals surface area (Å²) in [6.45, 7) is 9.71. The van der Waals surface area contributed by atoms with Crippen molar-refractivity contribution in [2.45, 2.75) is 64.4 Å². The molecule has 2 atom stereocenters. The molecule has 3 aliphatic rings. The van der Waals surface area contributed by atoms with Crippen LogP contribution in [-0.2, 0) is 4.74 Å². The first-order valence-corrected chi connectivity index (χ1v) is 11.2. The van der Waals surface area contributed by atoms with Crippen LogP contribution in [0.5, 0.6) is 0 Å². The van der Waals surface area contributed by atoms with Crippen LogP contribution in [0.15, 0.2) is 4.99 Å². The van der Waals surface area contributed by atoms with E-state index >= 15 is 0 Å². The molecule has 0 aromatic heterocycles. The summed E-state index contributed by atoms with van der Waals surface area (Å²) in [7, 11) is 0. The highest BCUT2D eigenvalue weighted by atomic mass is 127. The molecule has 0 aromatic carbocycles. The average molecular weight is 508 g/mol. The average Bonchev–Trinajstić information content (AvgIpc) is 3.10. The second kappa shape index (κ2) is 12.5. The van der Waals surface area contributed by atoms with Gasteiger partial charge < -0.3 is 20.5 Å². The molecule has 164 valence electrons. The van der Waals surface area contributed by atoms with Crippen molar-refractivity contribution in [3.05, 3.63) is 0 Å². The third-order valence-corrected chi connectivity index (χ3v) is 6.64. The van der Waals surface area contributed by atoms with Gasteiger partial charge in [-0.05, 0) is 32.6 Å². The quantitative estimate of drug-likeness (QED) is 0.280. The Morgan fingerprint density at radius 1 is 1.11 bits per heavy atom. The molecule has 2 aliphatic carbocycles. The summed E-state index contributed by atoms with van der Waals surface area (Å²) in [5.41, 5.74) is 0.310. The number of aliphatic hydroxyl groups is 1. The molecule has 2 unspecified atom stereocenters. The first-order valence-electron chi connectivity index (χ1n) is 11.2. The monoisotopic (exact) mass is 508 g/mol. The van der Waals surface area contributed by atoms with Crippen molar-refractivity contribution in [2.24, 2.45) is 16.3 Å². The smallest absolute Gasteiger partial charge is 0.191 e. The lowest BCUT2D eigenvalue weighted by Gasteiger charge is -2.41. The molecule has 28 heavy (non-hydrogen) atoms. The lowest BCUT2D eigenvalue weighted by atomic mass is 9.73. The number of nitrogens with one attached hydrogen (secondary N) is 2. The van der Waals surface area contributed by atoms with Crippen LogP contribution >= 0.6 is 24.0 Å². The lowest BCUT2D eigenvalue weighted by Crippen LogP contribution is -2.47. The Morgan fingerprint density at radius 3 is 2.50 bits per heavy atom. The molecule has 3 N–H and O–H groups in total. The van der Waals surface area contributed by atoms with Crippen LogP contribution in [0.3, 0.4) is 0 Å². The summed E-state index contributed by atoms with van der Waals surface area (Å²) < 4.78 is 5.53. The molecule has 0 spiro atoms. The van der Waals surface area contributed by atoms with E-state index in [1.54, 1.807) is 0 Å². The fraction of sp³-hybridized carbons (Fsp3) is 0.952. The Kier molecular flexibility index (Phi) is 10.8. The molecule has 1 saturated heterocycles. The first kappa shape index (κ1) is 24.2. The summed E-state index contributed by atoms with van der Waals surface area (Å²) in [4.78, 5) is 7.60. The Bertz CT molecular complexity index is 465. The van der Waals surface area contributed by atoms with Crippen LogP contribution < -0.4 is 10.6 Å². The van der Waals surface area contributed by atoms with E-state index in [2.05, 4.69) is 22.5 Å². The topological polar surface area (TPSA) is 69.1 Å². The predicted octanol–water partition coefficient (Wildman–Crippen LogP) is 2.60. The second-order valence-corrected chi connectivity index (χ2v) is 8.78. The third kappa shape index (κ3) is 7.29. The molecule has 3 rings (SSSR count). The highest BCUT2D eigenvalue weighted by Gasteiger charge is 2.34. The number of rotatable bonds is 7. The van der Waals surface area contributed by atoms with Crippen LogP contribution in [0.25, 0.3) is 0 Å². The van der Waals surface area contributed by atoms with Gasteiger partial charge in [-0.25, -0.2) is 0 Å². The summed E-state index contributed by atoms with van der Waals surface area (Å²) in [6.07, 6.45) is 9.67. The minimum Gasteiger partial charge on any atom is -0.393 e. The minimum absolute atomic E-state index is 0. The lowest BCUT2D eigenvalue weighted by molar-refractivity contribution is 0.00937. The van der Waals surface area contributed by atoms with Gasteiger partial charge in [-0.15, -0.1) is 24.0 Å². The maximum atomic E-state index is 10.1. The van der Waals surface area contributed by atoms with E-state index < -0.39 is 0 Å². The fourth-order valence-electron chi connectivity index (χ4n) is 4.97. The van der Waals surface area contributed by atoms with Crippen molar-refractivity contribution in [3.63, 3.8) is 0 Å². The minimum atomic E-state index is -0.147. The molecule has 0 bridgehead atoms. The maximum absolute atomic E-state index is 10.1. The number of guanidine groups is 1. The largest absolute Gasteiger partial charge is 0.393 e. The number of hydrogen-bond acceptors (Lipinski definition) is 4. The molecule has 0 amide bonds. The number of halogens is 1. The van der Waals surface area contributed by atoms with Gasteiger partial charge in [0.2, 0.25) is 0 Å². The number of aliphatic hydroxyl groups excluding tert-OH is 1. The molecular weight excluding hydrogens is 467 g/mol. The third-order valence-electron chi connectivity index (χ3n) is 6.64. The maximum Gasteiger partial charge on any atom is 0.191 e. The molecule has 2 saturated carbocycles. The van der Waals surface area contributed by atoms with Crippen molar-refractivity contribution in [3.8, 4) is 0 Å². The summed E-state index contributed by atoms with van der Waals surface area (Å²) in [5.74, 6) is 1.29.